The third-order valence-electron chi connectivity index (χ3n) is 5.08. The SMILES string of the molecule is CCCn1c(C(C)N(C)C(=O)Nc2ccc(C(F)(F)F)cc2)nc2ccccc2c1=O. The Labute approximate surface area is 177 Å². The highest BCUT2D eigenvalue weighted by molar-refractivity contribution is 5.89. The lowest BCUT2D eigenvalue weighted by Crippen LogP contribution is -2.37. The molecule has 0 saturated heterocycles. The molecule has 1 aromatic heterocycles. The smallest absolute Gasteiger partial charge is 0.318 e. The van der Waals surface area contributed by atoms with E-state index in [0.717, 1.165) is 12.1 Å². The number of hydrogen-bond acceptors (Lipinski definition) is 3. The van der Waals surface area contributed by atoms with Crippen LogP contribution in [0.2, 0.25) is 0 Å². The summed E-state index contributed by atoms with van der Waals surface area (Å²) in [7, 11) is 1.54. The summed E-state index contributed by atoms with van der Waals surface area (Å²) in [6.45, 7) is 4.14. The monoisotopic (exact) mass is 432 g/mol. The Kier molecular flexibility index (Phi) is 6.33. The van der Waals surface area contributed by atoms with Crippen molar-refractivity contribution in [2.45, 2.75) is 39.0 Å². The molecular formula is C22H23F3N4O2. The fraction of sp³-hybridized carbons (Fsp3) is 0.318. The number of alkyl halides is 3. The number of para-hydroxylation sites is 1. The van der Waals surface area contributed by atoms with Gasteiger partial charge in [-0.1, -0.05) is 19.1 Å². The molecule has 3 aromatic rings. The Morgan fingerprint density at radius 2 is 1.81 bits per heavy atom. The van der Waals surface area contributed by atoms with Crippen molar-refractivity contribution in [1.29, 1.82) is 0 Å². The largest absolute Gasteiger partial charge is 0.416 e. The van der Waals surface area contributed by atoms with Crippen molar-refractivity contribution in [3.63, 3.8) is 0 Å². The lowest BCUT2D eigenvalue weighted by Gasteiger charge is -2.27. The number of urea groups is 1. The number of benzene rings is 2. The van der Waals surface area contributed by atoms with E-state index in [1.54, 1.807) is 42.8 Å². The molecular weight excluding hydrogens is 409 g/mol. The van der Waals surface area contributed by atoms with Gasteiger partial charge < -0.3 is 10.2 Å². The molecule has 0 radical (unpaired) electrons. The van der Waals surface area contributed by atoms with Gasteiger partial charge in [0, 0.05) is 19.3 Å². The van der Waals surface area contributed by atoms with E-state index in [2.05, 4.69) is 10.3 Å². The van der Waals surface area contributed by atoms with Crippen LogP contribution >= 0.6 is 0 Å². The van der Waals surface area contributed by atoms with Gasteiger partial charge in [0.15, 0.2) is 0 Å². The van der Waals surface area contributed by atoms with Crippen LogP contribution < -0.4 is 10.9 Å². The molecule has 1 N–H and O–H groups in total. The molecule has 2 amide bonds. The molecule has 3 rings (SSSR count). The van der Waals surface area contributed by atoms with Gasteiger partial charge in [0.2, 0.25) is 0 Å². The van der Waals surface area contributed by atoms with Gasteiger partial charge in [0.1, 0.15) is 5.82 Å². The van der Waals surface area contributed by atoms with Crippen LogP contribution in [-0.4, -0.2) is 27.5 Å². The summed E-state index contributed by atoms with van der Waals surface area (Å²) in [5, 5.41) is 3.08. The number of nitrogens with one attached hydrogen (secondary N) is 1. The second kappa shape index (κ2) is 8.79. The van der Waals surface area contributed by atoms with Crippen molar-refractivity contribution in [2.75, 3.05) is 12.4 Å². The highest BCUT2D eigenvalue weighted by Gasteiger charge is 2.30. The molecule has 0 bridgehead atoms. The number of carbonyl (C=O) groups excluding carboxylic acids is 1. The highest BCUT2D eigenvalue weighted by Crippen LogP contribution is 2.30. The van der Waals surface area contributed by atoms with Gasteiger partial charge in [0.05, 0.1) is 22.5 Å². The average Bonchev–Trinajstić information content (AvgIpc) is 2.74. The standard InChI is InChI=1S/C22H23F3N4O2/c1-4-13-29-19(27-18-8-6-5-7-17(18)20(29)30)14(2)28(3)21(31)26-16-11-9-15(10-12-16)22(23,24)25/h5-12,14H,4,13H2,1-3H3,(H,26,31). The van der Waals surface area contributed by atoms with Crippen molar-refractivity contribution >= 4 is 22.6 Å². The molecule has 0 spiro atoms. The fourth-order valence-corrected chi connectivity index (χ4v) is 3.25. The zero-order valence-corrected chi connectivity index (χ0v) is 17.4. The molecule has 0 aliphatic carbocycles. The number of fused-ring (bicyclic) bond motifs is 1. The van der Waals surface area contributed by atoms with Crippen LogP contribution in [0.4, 0.5) is 23.7 Å². The number of aromatic nitrogens is 2. The van der Waals surface area contributed by atoms with E-state index < -0.39 is 23.8 Å². The summed E-state index contributed by atoms with van der Waals surface area (Å²) < 4.78 is 39.7. The number of carbonyl (C=O) groups is 1. The van der Waals surface area contributed by atoms with Crippen LogP contribution in [0.5, 0.6) is 0 Å². The Morgan fingerprint density at radius 1 is 1.16 bits per heavy atom. The van der Waals surface area contributed by atoms with Crippen LogP contribution in [0.3, 0.4) is 0 Å². The van der Waals surface area contributed by atoms with E-state index in [0.29, 0.717) is 29.7 Å². The van der Waals surface area contributed by atoms with Crippen molar-refractivity contribution in [3.05, 3.63) is 70.3 Å². The molecule has 1 unspecified atom stereocenters. The predicted octanol–water partition coefficient (Wildman–Crippen LogP) is 5.05. The summed E-state index contributed by atoms with van der Waals surface area (Å²) in [4.78, 5) is 31.6. The summed E-state index contributed by atoms with van der Waals surface area (Å²) >= 11 is 0. The minimum atomic E-state index is -4.45. The molecule has 0 saturated carbocycles. The minimum absolute atomic E-state index is 0.175. The van der Waals surface area contributed by atoms with Crippen molar-refractivity contribution in [3.8, 4) is 0 Å². The fourth-order valence-electron chi connectivity index (χ4n) is 3.25. The van der Waals surface area contributed by atoms with Gasteiger partial charge in [-0.05, 0) is 49.7 Å². The molecule has 0 aliphatic heterocycles. The number of hydrogen-bond donors (Lipinski definition) is 1. The van der Waals surface area contributed by atoms with E-state index in [1.165, 1.54) is 17.0 Å². The normalized spacial score (nSPS) is 12.6. The van der Waals surface area contributed by atoms with Crippen molar-refractivity contribution < 1.29 is 18.0 Å². The molecule has 9 heteroatoms. The molecule has 1 heterocycles. The van der Waals surface area contributed by atoms with Crippen LogP contribution in [0.1, 0.15) is 37.7 Å². The molecule has 31 heavy (non-hydrogen) atoms. The molecule has 1 atom stereocenters. The first-order valence-electron chi connectivity index (χ1n) is 9.84. The number of halogens is 3. The molecule has 6 nitrogen and oxygen atoms in total. The number of anilines is 1. The van der Waals surface area contributed by atoms with Gasteiger partial charge in [-0.2, -0.15) is 13.2 Å². The quantitative estimate of drug-likeness (QED) is 0.614. The van der Waals surface area contributed by atoms with E-state index in [-0.39, 0.29) is 11.2 Å². The first-order chi connectivity index (χ1) is 14.6. The Bertz CT molecular complexity index is 1140. The first kappa shape index (κ1) is 22.3. The van der Waals surface area contributed by atoms with Gasteiger partial charge in [-0.3, -0.25) is 9.36 Å². The second-order valence-corrected chi connectivity index (χ2v) is 7.24. The third-order valence-corrected chi connectivity index (χ3v) is 5.08. The zero-order valence-electron chi connectivity index (χ0n) is 17.4. The summed E-state index contributed by atoms with van der Waals surface area (Å²) in [6.07, 6.45) is -3.74. The van der Waals surface area contributed by atoms with Gasteiger partial charge in [-0.15, -0.1) is 0 Å². The first-order valence-corrected chi connectivity index (χ1v) is 9.84. The van der Waals surface area contributed by atoms with Crippen LogP contribution in [-0.2, 0) is 12.7 Å². The van der Waals surface area contributed by atoms with Gasteiger partial charge in [0.25, 0.3) is 5.56 Å². The Balaban J connectivity index is 1.87. The Hall–Kier alpha value is -3.36. The van der Waals surface area contributed by atoms with E-state index >= 15 is 0 Å². The summed E-state index contributed by atoms with van der Waals surface area (Å²) in [6, 6.07) is 10.1. The number of rotatable bonds is 5. The van der Waals surface area contributed by atoms with Crippen LogP contribution in [0.25, 0.3) is 10.9 Å². The zero-order chi connectivity index (χ0) is 22.8. The molecule has 2 aromatic carbocycles. The maximum atomic E-state index is 13.0. The van der Waals surface area contributed by atoms with E-state index in [1.807, 2.05) is 6.92 Å². The lowest BCUT2D eigenvalue weighted by molar-refractivity contribution is -0.137. The maximum Gasteiger partial charge on any atom is 0.416 e. The van der Waals surface area contributed by atoms with Crippen LogP contribution in [0, 0.1) is 0 Å². The van der Waals surface area contributed by atoms with Gasteiger partial charge in [-0.25, -0.2) is 9.78 Å². The predicted molar refractivity (Wildman–Crippen MR) is 113 cm³/mol. The maximum absolute atomic E-state index is 13.0. The van der Waals surface area contributed by atoms with Crippen LogP contribution in [0.15, 0.2) is 53.3 Å². The van der Waals surface area contributed by atoms with E-state index in [4.69, 9.17) is 0 Å². The van der Waals surface area contributed by atoms with Crippen molar-refractivity contribution in [1.82, 2.24) is 14.5 Å². The van der Waals surface area contributed by atoms with E-state index in [9.17, 15) is 22.8 Å². The average molecular weight is 432 g/mol. The Morgan fingerprint density at radius 3 is 2.42 bits per heavy atom. The second-order valence-electron chi connectivity index (χ2n) is 7.24. The molecule has 0 fully saturated rings. The van der Waals surface area contributed by atoms with Gasteiger partial charge >= 0.3 is 12.2 Å². The summed E-state index contributed by atoms with van der Waals surface area (Å²) in [5.41, 5.74) is -0.199. The lowest BCUT2D eigenvalue weighted by atomic mass is 10.2. The van der Waals surface area contributed by atoms with Crippen molar-refractivity contribution in [2.24, 2.45) is 0 Å². The molecule has 0 aliphatic rings. The highest BCUT2D eigenvalue weighted by atomic mass is 19.4. The number of nitrogens with zero attached hydrogens (tertiary/aromatic N) is 3. The molecule has 164 valence electrons. The third kappa shape index (κ3) is 4.70. The topological polar surface area (TPSA) is 67.2 Å². The minimum Gasteiger partial charge on any atom is -0.318 e. The number of amides is 2. The summed E-state index contributed by atoms with van der Waals surface area (Å²) in [5.74, 6) is 0.440.